The summed E-state index contributed by atoms with van der Waals surface area (Å²) in [5.41, 5.74) is 2.18. The molecule has 0 saturated carbocycles. The maximum absolute atomic E-state index is 6.21. The van der Waals surface area contributed by atoms with E-state index in [2.05, 4.69) is 23.1 Å². The molecule has 3 rings (SSSR count). The molecule has 1 aliphatic heterocycles. The van der Waals surface area contributed by atoms with Crippen molar-refractivity contribution in [1.82, 2.24) is 4.90 Å². The Morgan fingerprint density at radius 3 is 2.61 bits per heavy atom. The molecule has 4 heteroatoms. The van der Waals surface area contributed by atoms with E-state index in [1.165, 1.54) is 0 Å². The van der Waals surface area contributed by atoms with Gasteiger partial charge in [0.15, 0.2) is 0 Å². The van der Waals surface area contributed by atoms with Crippen LogP contribution in [0.1, 0.15) is 11.1 Å². The van der Waals surface area contributed by atoms with Gasteiger partial charge in [-0.15, -0.1) is 0 Å². The predicted octanol–water partition coefficient (Wildman–Crippen LogP) is 5.42. The SMILES string of the molecule is Clc1ccc(Cl)c(CN2C=CC(OCc3ccccc3)=CC2)c1. The van der Waals surface area contributed by atoms with Gasteiger partial charge >= 0.3 is 0 Å². The Morgan fingerprint density at radius 2 is 1.87 bits per heavy atom. The zero-order chi connectivity index (χ0) is 16.1. The lowest BCUT2D eigenvalue weighted by atomic mass is 10.2. The Kier molecular flexibility index (Phi) is 5.27. The van der Waals surface area contributed by atoms with Crippen LogP contribution in [0.5, 0.6) is 0 Å². The number of ether oxygens (including phenoxy) is 1. The molecule has 0 N–H and O–H groups in total. The molecular formula is C19H17Cl2NO. The van der Waals surface area contributed by atoms with Crippen molar-refractivity contribution in [2.24, 2.45) is 0 Å². The van der Waals surface area contributed by atoms with Crippen molar-refractivity contribution in [2.45, 2.75) is 13.2 Å². The van der Waals surface area contributed by atoms with Gasteiger partial charge in [0.05, 0.1) is 0 Å². The van der Waals surface area contributed by atoms with Crippen LogP contribution in [0.3, 0.4) is 0 Å². The highest BCUT2D eigenvalue weighted by Crippen LogP contribution is 2.23. The van der Waals surface area contributed by atoms with Crippen LogP contribution in [0, 0.1) is 0 Å². The first-order valence-electron chi connectivity index (χ1n) is 7.44. The van der Waals surface area contributed by atoms with E-state index in [-0.39, 0.29) is 0 Å². The number of rotatable bonds is 5. The Morgan fingerprint density at radius 1 is 1.04 bits per heavy atom. The fraction of sp³-hybridized carbons (Fsp3) is 0.158. The smallest absolute Gasteiger partial charge is 0.119 e. The molecule has 2 nitrogen and oxygen atoms in total. The lowest BCUT2D eigenvalue weighted by Gasteiger charge is -2.23. The average molecular weight is 346 g/mol. The second-order valence-corrected chi connectivity index (χ2v) is 6.21. The Labute approximate surface area is 146 Å². The van der Waals surface area contributed by atoms with Gasteiger partial charge < -0.3 is 9.64 Å². The Bertz CT molecular complexity index is 725. The van der Waals surface area contributed by atoms with Crippen LogP contribution >= 0.6 is 23.2 Å². The molecule has 2 aromatic carbocycles. The van der Waals surface area contributed by atoms with Gasteiger partial charge in [-0.3, -0.25) is 0 Å². The summed E-state index contributed by atoms with van der Waals surface area (Å²) < 4.78 is 5.81. The minimum absolute atomic E-state index is 0.580. The minimum atomic E-state index is 0.580. The van der Waals surface area contributed by atoms with E-state index in [1.807, 2.05) is 42.6 Å². The molecule has 0 amide bonds. The predicted molar refractivity (Wildman–Crippen MR) is 95.3 cm³/mol. The van der Waals surface area contributed by atoms with Crippen molar-refractivity contribution < 1.29 is 4.74 Å². The van der Waals surface area contributed by atoms with Gasteiger partial charge in [0, 0.05) is 29.3 Å². The minimum Gasteiger partial charge on any atom is -0.489 e. The van der Waals surface area contributed by atoms with Crippen molar-refractivity contribution >= 4 is 23.2 Å². The van der Waals surface area contributed by atoms with Crippen molar-refractivity contribution in [3.8, 4) is 0 Å². The summed E-state index contributed by atoms with van der Waals surface area (Å²) in [5, 5.41) is 1.44. The topological polar surface area (TPSA) is 12.5 Å². The highest BCUT2D eigenvalue weighted by Gasteiger charge is 2.09. The summed E-state index contributed by atoms with van der Waals surface area (Å²) in [4.78, 5) is 2.16. The molecule has 0 spiro atoms. The monoisotopic (exact) mass is 345 g/mol. The van der Waals surface area contributed by atoms with Crippen LogP contribution in [0.2, 0.25) is 10.0 Å². The third-order valence-corrected chi connectivity index (χ3v) is 4.21. The normalized spacial score (nSPS) is 13.8. The van der Waals surface area contributed by atoms with E-state index in [1.54, 1.807) is 6.07 Å². The van der Waals surface area contributed by atoms with E-state index in [0.717, 1.165) is 35.0 Å². The number of hydrogen-bond acceptors (Lipinski definition) is 2. The molecule has 0 bridgehead atoms. The number of halogens is 2. The third-order valence-electron chi connectivity index (χ3n) is 3.61. The summed E-state index contributed by atoms with van der Waals surface area (Å²) in [7, 11) is 0. The van der Waals surface area contributed by atoms with E-state index < -0.39 is 0 Å². The van der Waals surface area contributed by atoms with Gasteiger partial charge in [0.25, 0.3) is 0 Å². The summed E-state index contributed by atoms with van der Waals surface area (Å²) in [5.74, 6) is 0.891. The van der Waals surface area contributed by atoms with Gasteiger partial charge in [-0.1, -0.05) is 53.5 Å². The van der Waals surface area contributed by atoms with E-state index >= 15 is 0 Å². The summed E-state index contributed by atoms with van der Waals surface area (Å²) in [6.45, 7) is 2.08. The maximum Gasteiger partial charge on any atom is 0.119 e. The second kappa shape index (κ2) is 7.58. The second-order valence-electron chi connectivity index (χ2n) is 5.36. The number of benzene rings is 2. The first kappa shape index (κ1) is 16.0. The third kappa shape index (κ3) is 4.54. The van der Waals surface area contributed by atoms with Crippen LogP contribution in [-0.4, -0.2) is 11.4 Å². The molecule has 1 heterocycles. The quantitative estimate of drug-likeness (QED) is 0.716. The number of hydrogen-bond donors (Lipinski definition) is 0. The maximum atomic E-state index is 6.21. The van der Waals surface area contributed by atoms with Gasteiger partial charge in [0.1, 0.15) is 12.4 Å². The fourth-order valence-electron chi connectivity index (χ4n) is 2.36. The highest BCUT2D eigenvalue weighted by atomic mass is 35.5. The summed E-state index contributed by atoms with van der Waals surface area (Å²) in [6, 6.07) is 15.7. The fourth-order valence-corrected chi connectivity index (χ4v) is 2.74. The van der Waals surface area contributed by atoms with E-state index in [4.69, 9.17) is 27.9 Å². The van der Waals surface area contributed by atoms with Crippen molar-refractivity contribution in [3.63, 3.8) is 0 Å². The molecule has 0 fully saturated rings. The Hall–Kier alpha value is -1.90. The summed E-state index contributed by atoms with van der Waals surface area (Å²) in [6.07, 6.45) is 6.07. The number of nitrogens with zero attached hydrogens (tertiary/aromatic N) is 1. The molecule has 0 atom stereocenters. The molecule has 2 aromatic rings. The van der Waals surface area contributed by atoms with E-state index in [9.17, 15) is 0 Å². The molecule has 0 aromatic heterocycles. The highest BCUT2D eigenvalue weighted by molar-refractivity contribution is 6.33. The molecule has 23 heavy (non-hydrogen) atoms. The zero-order valence-electron chi connectivity index (χ0n) is 12.6. The lowest BCUT2D eigenvalue weighted by Crippen LogP contribution is -2.20. The van der Waals surface area contributed by atoms with Crippen molar-refractivity contribution in [1.29, 1.82) is 0 Å². The van der Waals surface area contributed by atoms with Crippen molar-refractivity contribution in [2.75, 3.05) is 6.54 Å². The van der Waals surface area contributed by atoms with Gasteiger partial charge in [0.2, 0.25) is 0 Å². The van der Waals surface area contributed by atoms with Gasteiger partial charge in [-0.2, -0.15) is 0 Å². The molecular weight excluding hydrogens is 329 g/mol. The first-order valence-corrected chi connectivity index (χ1v) is 8.19. The van der Waals surface area contributed by atoms with Crippen LogP contribution in [-0.2, 0) is 17.9 Å². The van der Waals surface area contributed by atoms with Crippen LogP contribution in [0.4, 0.5) is 0 Å². The molecule has 0 aliphatic carbocycles. The lowest BCUT2D eigenvalue weighted by molar-refractivity contribution is 0.204. The zero-order valence-corrected chi connectivity index (χ0v) is 14.1. The Balaban J connectivity index is 1.54. The molecule has 0 unspecified atom stereocenters. The summed E-state index contributed by atoms with van der Waals surface area (Å²) >= 11 is 12.2. The molecule has 1 aliphatic rings. The van der Waals surface area contributed by atoms with Gasteiger partial charge in [-0.25, -0.2) is 0 Å². The molecule has 0 radical (unpaired) electrons. The molecule has 118 valence electrons. The van der Waals surface area contributed by atoms with Crippen LogP contribution in [0.15, 0.2) is 72.6 Å². The average Bonchev–Trinajstić information content (AvgIpc) is 2.58. The number of allylic oxidation sites excluding steroid dienone is 1. The van der Waals surface area contributed by atoms with Crippen molar-refractivity contribution in [3.05, 3.63) is 93.8 Å². The van der Waals surface area contributed by atoms with Crippen LogP contribution in [0.25, 0.3) is 0 Å². The van der Waals surface area contributed by atoms with Gasteiger partial charge in [-0.05, 0) is 41.5 Å². The van der Waals surface area contributed by atoms with Crippen LogP contribution < -0.4 is 0 Å². The molecule has 0 saturated heterocycles. The standard InChI is InChI=1S/C19H17Cl2NO/c20-17-6-7-19(21)16(12-17)13-22-10-8-18(9-11-22)23-14-15-4-2-1-3-5-15/h1-10,12H,11,13-14H2. The first-order chi connectivity index (χ1) is 11.2. The largest absolute Gasteiger partial charge is 0.489 e. The van der Waals surface area contributed by atoms with E-state index in [0.29, 0.717) is 11.6 Å².